The van der Waals surface area contributed by atoms with Crippen LogP contribution in [0.15, 0.2) is 35.5 Å². The number of nitrogens with zero attached hydrogens (tertiary/aromatic N) is 3. The number of hydrogen-bond donors (Lipinski definition) is 1. The molecule has 2 aliphatic carbocycles. The molecule has 0 atom stereocenters. The minimum absolute atomic E-state index is 0.115. The van der Waals surface area contributed by atoms with E-state index in [-0.39, 0.29) is 5.91 Å². The van der Waals surface area contributed by atoms with Crippen LogP contribution in [0, 0.1) is 0 Å². The van der Waals surface area contributed by atoms with Crippen molar-refractivity contribution in [2.45, 2.75) is 87.7 Å². The van der Waals surface area contributed by atoms with E-state index in [2.05, 4.69) is 32.2 Å². The van der Waals surface area contributed by atoms with Gasteiger partial charge >= 0.3 is 0 Å². The Morgan fingerprint density at radius 3 is 2.31 bits per heavy atom. The molecule has 5 nitrogen and oxygen atoms in total. The van der Waals surface area contributed by atoms with Crippen molar-refractivity contribution in [1.82, 2.24) is 20.1 Å². The smallest absolute Gasteiger partial charge is 0.230 e. The van der Waals surface area contributed by atoms with Crippen LogP contribution in [0.2, 0.25) is 0 Å². The molecule has 6 heteroatoms. The van der Waals surface area contributed by atoms with Crippen molar-refractivity contribution in [2.75, 3.05) is 5.75 Å². The van der Waals surface area contributed by atoms with Crippen molar-refractivity contribution in [3.05, 3.63) is 36.2 Å². The van der Waals surface area contributed by atoms with E-state index < -0.39 is 0 Å². The second kappa shape index (κ2) is 10.3. The van der Waals surface area contributed by atoms with Gasteiger partial charge in [-0.05, 0) is 37.8 Å². The van der Waals surface area contributed by atoms with Crippen LogP contribution < -0.4 is 5.32 Å². The van der Waals surface area contributed by atoms with Crippen molar-refractivity contribution in [3.8, 4) is 5.69 Å². The Balaban J connectivity index is 1.46. The summed E-state index contributed by atoms with van der Waals surface area (Å²) in [6.45, 7) is 0. The molecule has 1 heterocycles. The normalized spacial score (nSPS) is 19.0. The standard InChI is InChI=1S/C23H32N4OS/c28-21(24-19-13-7-1-2-8-14-19)17-29-23-26-25-22(18-11-5-3-6-12-18)27(23)20-15-9-4-10-16-20/h4,9-10,15-16,18-19H,1-3,5-8,11-14,17H2,(H,24,28). The van der Waals surface area contributed by atoms with Gasteiger partial charge in [-0.2, -0.15) is 0 Å². The van der Waals surface area contributed by atoms with E-state index in [1.807, 2.05) is 18.2 Å². The number of carbonyl (C=O) groups is 1. The first-order valence-electron chi connectivity index (χ1n) is 11.2. The van der Waals surface area contributed by atoms with Crippen LogP contribution in [0.25, 0.3) is 5.69 Å². The first-order valence-corrected chi connectivity index (χ1v) is 12.2. The Kier molecular flexibility index (Phi) is 7.25. The molecule has 2 aromatic rings. The lowest BCUT2D eigenvalue weighted by molar-refractivity contribution is -0.119. The number of rotatable bonds is 6. The minimum Gasteiger partial charge on any atom is -0.353 e. The van der Waals surface area contributed by atoms with Crippen molar-refractivity contribution in [3.63, 3.8) is 0 Å². The Labute approximate surface area is 178 Å². The van der Waals surface area contributed by atoms with E-state index >= 15 is 0 Å². The summed E-state index contributed by atoms with van der Waals surface area (Å²) >= 11 is 1.51. The van der Waals surface area contributed by atoms with Crippen LogP contribution in [0.3, 0.4) is 0 Å². The zero-order chi connectivity index (χ0) is 19.9. The molecule has 1 amide bonds. The lowest BCUT2D eigenvalue weighted by Gasteiger charge is -2.22. The summed E-state index contributed by atoms with van der Waals surface area (Å²) in [5, 5.41) is 13.1. The fourth-order valence-corrected chi connectivity index (χ4v) is 5.41. The van der Waals surface area contributed by atoms with Crippen LogP contribution in [0.1, 0.15) is 82.4 Å². The summed E-state index contributed by atoms with van der Waals surface area (Å²) in [5.41, 5.74) is 1.09. The zero-order valence-electron chi connectivity index (χ0n) is 17.2. The van der Waals surface area contributed by atoms with Gasteiger partial charge in [0.1, 0.15) is 5.82 Å². The van der Waals surface area contributed by atoms with E-state index in [1.54, 1.807) is 0 Å². The van der Waals surface area contributed by atoms with E-state index in [0.717, 1.165) is 29.5 Å². The number of thioether (sulfide) groups is 1. The van der Waals surface area contributed by atoms with Gasteiger partial charge in [0.05, 0.1) is 5.75 Å². The second-order valence-electron chi connectivity index (χ2n) is 8.39. The number of hydrogen-bond acceptors (Lipinski definition) is 4. The maximum Gasteiger partial charge on any atom is 0.230 e. The third kappa shape index (κ3) is 5.41. The van der Waals surface area contributed by atoms with Gasteiger partial charge in [-0.1, -0.05) is 74.9 Å². The van der Waals surface area contributed by atoms with Gasteiger partial charge in [0.2, 0.25) is 5.91 Å². The highest BCUT2D eigenvalue weighted by Crippen LogP contribution is 2.34. The molecule has 0 unspecified atom stereocenters. The molecule has 0 aliphatic heterocycles. The van der Waals surface area contributed by atoms with Gasteiger partial charge in [-0.25, -0.2) is 0 Å². The molecule has 0 saturated heterocycles. The maximum atomic E-state index is 12.6. The van der Waals surface area contributed by atoms with Crippen molar-refractivity contribution >= 4 is 17.7 Å². The van der Waals surface area contributed by atoms with E-state index in [0.29, 0.717) is 17.7 Å². The number of amides is 1. The lowest BCUT2D eigenvalue weighted by Crippen LogP contribution is -2.35. The topological polar surface area (TPSA) is 59.8 Å². The third-order valence-corrected chi connectivity index (χ3v) is 7.12. The molecule has 0 radical (unpaired) electrons. The Bertz CT molecular complexity index is 777. The highest BCUT2D eigenvalue weighted by atomic mass is 32.2. The summed E-state index contributed by atoms with van der Waals surface area (Å²) in [4.78, 5) is 12.6. The van der Waals surface area contributed by atoms with E-state index in [4.69, 9.17) is 0 Å². The molecule has 2 aliphatic rings. The first kappa shape index (κ1) is 20.5. The molecule has 29 heavy (non-hydrogen) atoms. The molecule has 2 saturated carbocycles. The van der Waals surface area contributed by atoms with Gasteiger partial charge in [-0.15, -0.1) is 10.2 Å². The predicted molar refractivity (Wildman–Crippen MR) is 118 cm³/mol. The average Bonchev–Trinajstić information content (AvgIpc) is 3.03. The average molecular weight is 413 g/mol. The van der Waals surface area contributed by atoms with Crippen LogP contribution in [-0.4, -0.2) is 32.5 Å². The van der Waals surface area contributed by atoms with E-state index in [9.17, 15) is 4.79 Å². The fourth-order valence-electron chi connectivity index (χ4n) is 4.64. The SMILES string of the molecule is O=C(CSc1nnc(C2CCCCC2)n1-c1ccccc1)NC1CCCCCC1. The number of aromatic nitrogens is 3. The molecule has 2 fully saturated rings. The number of para-hydroxylation sites is 1. The highest BCUT2D eigenvalue weighted by molar-refractivity contribution is 7.99. The summed E-state index contributed by atoms with van der Waals surface area (Å²) in [6, 6.07) is 10.7. The predicted octanol–water partition coefficient (Wildman–Crippen LogP) is 5.25. The van der Waals surface area contributed by atoms with Gasteiger partial charge in [0.15, 0.2) is 5.16 Å². The number of benzene rings is 1. The molecule has 156 valence electrons. The minimum atomic E-state index is 0.115. The molecule has 4 rings (SSSR count). The van der Waals surface area contributed by atoms with E-state index in [1.165, 1.54) is 69.5 Å². The maximum absolute atomic E-state index is 12.6. The van der Waals surface area contributed by atoms with Crippen molar-refractivity contribution in [1.29, 1.82) is 0 Å². The Morgan fingerprint density at radius 1 is 0.931 bits per heavy atom. The lowest BCUT2D eigenvalue weighted by atomic mass is 9.88. The van der Waals surface area contributed by atoms with Crippen LogP contribution in [-0.2, 0) is 4.79 Å². The Morgan fingerprint density at radius 2 is 1.59 bits per heavy atom. The summed E-state index contributed by atoms with van der Waals surface area (Å²) in [6.07, 6.45) is 13.5. The highest BCUT2D eigenvalue weighted by Gasteiger charge is 2.25. The van der Waals surface area contributed by atoms with Gasteiger partial charge in [-0.3, -0.25) is 9.36 Å². The summed E-state index contributed by atoms with van der Waals surface area (Å²) in [5.74, 6) is 2.03. The van der Waals surface area contributed by atoms with Crippen LogP contribution in [0.4, 0.5) is 0 Å². The molecule has 1 aromatic carbocycles. The first-order chi connectivity index (χ1) is 14.3. The quantitative estimate of drug-likeness (QED) is 0.520. The monoisotopic (exact) mass is 412 g/mol. The largest absolute Gasteiger partial charge is 0.353 e. The molecule has 1 aromatic heterocycles. The third-order valence-electron chi connectivity index (χ3n) is 6.20. The van der Waals surface area contributed by atoms with Gasteiger partial charge < -0.3 is 5.32 Å². The summed E-state index contributed by atoms with van der Waals surface area (Å²) < 4.78 is 2.18. The molecular weight excluding hydrogens is 380 g/mol. The number of nitrogens with one attached hydrogen (secondary N) is 1. The Hall–Kier alpha value is -1.82. The van der Waals surface area contributed by atoms with Crippen molar-refractivity contribution < 1.29 is 4.79 Å². The molecule has 0 bridgehead atoms. The number of carbonyl (C=O) groups excluding carboxylic acids is 1. The van der Waals surface area contributed by atoms with Gasteiger partial charge in [0.25, 0.3) is 0 Å². The van der Waals surface area contributed by atoms with Gasteiger partial charge in [0, 0.05) is 17.6 Å². The fraction of sp³-hybridized carbons (Fsp3) is 0.609. The second-order valence-corrected chi connectivity index (χ2v) is 9.33. The van der Waals surface area contributed by atoms with Crippen molar-refractivity contribution in [2.24, 2.45) is 0 Å². The van der Waals surface area contributed by atoms with Crippen LogP contribution >= 0.6 is 11.8 Å². The summed E-state index contributed by atoms with van der Waals surface area (Å²) in [7, 11) is 0. The van der Waals surface area contributed by atoms with Crippen LogP contribution in [0.5, 0.6) is 0 Å². The molecular formula is C23H32N4OS. The zero-order valence-corrected chi connectivity index (χ0v) is 18.0. The molecule has 0 spiro atoms. The molecule has 1 N–H and O–H groups in total.